The van der Waals surface area contributed by atoms with Gasteiger partial charge < -0.3 is 20.1 Å². The molecule has 0 radical (unpaired) electrons. The van der Waals surface area contributed by atoms with Crippen LogP contribution < -0.4 is 15.4 Å². The molecule has 0 aliphatic carbocycles. The fraction of sp³-hybridized carbons (Fsp3) is 0.208. The molecule has 0 unspecified atom stereocenters. The highest BCUT2D eigenvalue weighted by atomic mass is 32.2. The molecule has 1 fully saturated rings. The average Bonchev–Trinajstić information content (AvgIpc) is 2.86. The molecule has 1 aliphatic heterocycles. The van der Waals surface area contributed by atoms with Crippen LogP contribution in [0.25, 0.3) is 0 Å². The number of carbonyl (C=O) groups excluding carboxylic acids is 1. The molecule has 0 bridgehead atoms. The van der Waals surface area contributed by atoms with Crippen LogP contribution in [0.5, 0.6) is 11.5 Å². The van der Waals surface area contributed by atoms with E-state index in [9.17, 15) is 17.6 Å². The van der Waals surface area contributed by atoms with Gasteiger partial charge >= 0.3 is 0 Å². The van der Waals surface area contributed by atoms with E-state index in [1.54, 1.807) is 18.2 Å². The van der Waals surface area contributed by atoms with Crippen molar-refractivity contribution in [2.24, 2.45) is 0 Å². The molecule has 34 heavy (non-hydrogen) atoms. The summed E-state index contributed by atoms with van der Waals surface area (Å²) < 4.78 is 52.6. The number of ether oxygens (including phenoxy) is 2. The van der Waals surface area contributed by atoms with Crippen molar-refractivity contribution in [1.82, 2.24) is 4.31 Å². The minimum atomic E-state index is -3.76. The lowest BCUT2D eigenvalue weighted by molar-refractivity contribution is -0.114. The highest BCUT2D eigenvalue weighted by Crippen LogP contribution is 2.33. The van der Waals surface area contributed by atoms with Crippen molar-refractivity contribution < 1.29 is 27.1 Å². The smallest absolute Gasteiger partial charge is 0.243 e. The standard InChI is InChI=1S/C24H24FN3O5S/c25-20-8-4-5-9-21(20)27-24(29)17-26-22-16-19(34(30,31)28-12-14-32-15-13-28)10-11-23(22)33-18-6-2-1-3-7-18/h1-11,16,26H,12-15,17H2,(H,27,29). The van der Waals surface area contributed by atoms with Crippen molar-refractivity contribution in [1.29, 1.82) is 0 Å². The van der Waals surface area contributed by atoms with E-state index in [1.807, 2.05) is 18.2 Å². The van der Waals surface area contributed by atoms with E-state index < -0.39 is 21.7 Å². The number of anilines is 2. The zero-order valence-electron chi connectivity index (χ0n) is 18.2. The largest absolute Gasteiger partial charge is 0.455 e. The first-order valence-electron chi connectivity index (χ1n) is 10.7. The Morgan fingerprint density at radius 1 is 0.971 bits per heavy atom. The molecule has 0 spiro atoms. The summed E-state index contributed by atoms with van der Waals surface area (Å²) in [6.07, 6.45) is 0. The lowest BCUT2D eigenvalue weighted by Gasteiger charge is -2.26. The molecule has 10 heteroatoms. The number of rotatable bonds is 8. The van der Waals surface area contributed by atoms with Gasteiger partial charge in [-0.3, -0.25) is 4.79 Å². The summed E-state index contributed by atoms with van der Waals surface area (Å²) in [6.45, 7) is 0.947. The number of amides is 1. The summed E-state index contributed by atoms with van der Waals surface area (Å²) in [5.41, 5.74) is 0.362. The summed E-state index contributed by atoms with van der Waals surface area (Å²) in [4.78, 5) is 12.5. The van der Waals surface area contributed by atoms with Crippen molar-refractivity contribution in [2.75, 3.05) is 43.5 Å². The maximum atomic E-state index is 13.8. The van der Waals surface area contributed by atoms with Gasteiger partial charge in [-0.1, -0.05) is 30.3 Å². The second kappa shape index (κ2) is 10.6. The van der Waals surface area contributed by atoms with E-state index in [2.05, 4.69) is 10.6 Å². The Morgan fingerprint density at radius 2 is 1.68 bits per heavy atom. The molecule has 0 aromatic heterocycles. The molecule has 1 heterocycles. The van der Waals surface area contributed by atoms with Gasteiger partial charge in [0, 0.05) is 13.1 Å². The van der Waals surface area contributed by atoms with Crippen LogP contribution in [0.4, 0.5) is 15.8 Å². The summed E-state index contributed by atoms with van der Waals surface area (Å²) in [7, 11) is -3.76. The first-order chi connectivity index (χ1) is 16.4. The SMILES string of the molecule is O=C(CNc1cc(S(=O)(=O)N2CCOCC2)ccc1Oc1ccccc1)Nc1ccccc1F. The Labute approximate surface area is 197 Å². The Bertz CT molecular complexity index is 1250. The highest BCUT2D eigenvalue weighted by Gasteiger charge is 2.27. The topological polar surface area (TPSA) is 97.0 Å². The molecule has 4 rings (SSSR count). The van der Waals surface area contributed by atoms with E-state index in [1.165, 1.54) is 40.7 Å². The van der Waals surface area contributed by atoms with Crippen molar-refractivity contribution in [2.45, 2.75) is 4.90 Å². The van der Waals surface area contributed by atoms with E-state index in [-0.39, 0.29) is 30.2 Å². The number of para-hydroxylation sites is 2. The van der Waals surface area contributed by atoms with Gasteiger partial charge in [-0.05, 0) is 42.5 Å². The maximum Gasteiger partial charge on any atom is 0.243 e. The second-order valence-electron chi connectivity index (χ2n) is 7.47. The van der Waals surface area contributed by atoms with Crippen LogP contribution in [0, 0.1) is 5.82 Å². The third kappa shape index (κ3) is 5.71. The molecule has 2 N–H and O–H groups in total. The van der Waals surface area contributed by atoms with Gasteiger partial charge in [0.25, 0.3) is 0 Å². The Balaban J connectivity index is 1.57. The number of hydrogen-bond donors (Lipinski definition) is 2. The summed E-state index contributed by atoms with van der Waals surface area (Å²) >= 11 is 0. The minimum Gasteiger partial charge on any atom is -0.455 e. The fourth-order valence-corrected chi connectivity index (χ4v) is 4.82. The predicted molar refractivity (Wildman–Crippen MR) is 126 cm³/mol. The van der Waals surface area contributed by atoms with Crippen molar-refractivity contribution in [3.05, 3.63) is 78.6 Å². The normalized spacial score (nSPS) is 14.4. The van der Waals surface area contributed by atoms with E-state index in [4.69, 9.17) is 9.47 Å². The van der Waals surface area contributed by atoms with Gasteiger partial charge in [-0.25, -0.2) is 12.8 Å². The van der Waals surface area contributed by atoms with Crippen LogP contribution in [-0.4, -0.2) is 51.5 Å². The molecule has 1 aliphatic rings. The lowest BCUT2D eigenvalue weighted by atomic mass is 10.2. The predicted octanol–water partition coefficient (Wildman–Crippen LogP) is 3.69. The fourth-order valence-electron chi connectivity index (χ4n) is 3.38. The number of nitrogens with zero attached hydrogens (tertiary/aromatic N) is 1. The van der Waals surface area contributed by atoms with E-state index in [0.717, 1.165) is 0 Å². The number of halogens is 1. The molecule has 3 aromatic carbocycles. The number of carbonyl (C=O) groups is 1. The number of hydrogen-bond acceptors (Lipinski definition) is 6. The quantitative estimate of drug-likeness (QED) is 0.505. The molecule has 1 saturated heterocycles. The summed E-state index contributed by atoms with van der Waals surface area (Å²) in [5.74, 6) is -0.171. The molecule has 3 aromatic rings. The van der Waals surface area contributed by atoms with Crippen LogP contribution >= 0.6 is 0 Å². The van der Waals surface area contributed by atoms with Crippen molar-refractivity contribution >= 4 is 27.3 Å². The van der Waals surface area contributed by atoms with Crippen molar-refractivity contribution in [3.8, 4) is 11.5 Å². The third-order valence-corrected chi connectivity index (χ3v) is 7.01. The molecule has 178 valence electrons. The maximum absolute atomic E-state index is 13.8. The number of sulfonamides is 1. The van der Waals surface area contributed by atoms with Crippen LogP contribution in [-0.2, 0) is 19.6 Å². The Morgan fingerprint density at radius 3 is 2.41 bits per heavy atom. The number of morpholine rings is 1. The number of nitrogens with one attached hydrogen (secondary N) is 2. The average molecular weight is 486 g/mol. The lowest BCUT2D eigenvalue weighted by Crippen LogP contribution is -2.40. The molecule has 0 atom stereocenters. The number of benzene rings is 3. The zero-order chi connectivity index (χ0) is 24.0. The Kier molecular flexibility index (Phi) is 7.41. The second-order valence-corrected chi connectivity index (χ2v) is 9.41. The summed E-state index contributed by atoms with van der Waals surface area (Å²) in [6, 6.07) is 19.2. The van der Waals surface area contributed by atoms with Gasteiger partial charge in [0.05, 0.1) is 36.0 Å². The van der Waals surface area contributed by atoms with Crippen LogP contribution in [0.3, 0.4) is 0 Å². The molecule has 1 amide bonds. The van der Waals surface area contributed by atoms with Gasteiger partial charge in [-0.2, -0.15) is 4.31 Å². The molecule has 0 saturated carbocycles. The first kappa shape index (κ1) is 23.7. The highest BCUT2D eigenvalue weighted by molar-refractivity contribution is 7.89. The van der Waals surface area contributed by atoms with E-state index in [0.29, 0.717) is 30.4 Å². The van der Waals surface area contributed by atoms with Gasteiger partial charge in [0.2, 0.25) is 15.9 Å². The van der Waals surface area contributed by atoms with Gasteiger partial charge in [0.15, 0.2) is 5.75 Å². The molecular formula is C24H24FN3O5S. The third-order valence-electron chi connectivity index (χ3n) is 5.12. The van der Waals surface area contributed by atoms with Gasteiger partial charge in [0.1, 0.15) is 11.6 Å². The monoisotopic (exact) mass is 485 g/mol. The summed E-state index contributed by atoms with van der Waals surface area (Å²) in [5, 5.41) is 5.41. The van der Waals surface area contributed by atoms with Crippen LogP contribution in [0.15, 0.2) is 77.7 Å². The van der Waals surface area contributed by atoms with Crippen molar-refractivity contribution in [3.63, 3.8) is 0 Å². The first-order valence-corrected chi connectivity index (χ1v) is 12.1. The van der Waals surface area contributed by atoms with E-state index >= 15 is 0 Å². The van der Waals surface area contributed by atoms with Gasteiger partial charge in [-0.15, -0.1) is 0 Å². The molecule has 8 nitrogen and oxygen atoms in total. The van der Waals surface area contributed by atoms with Crippen LogP contribution in [0.2, 0.25) is 0 Å². The molecular weight excluding hydrogens is 461 g/mol. The Hall–Kier alpha value is -3.47. The minimum absolute atomic E-state index is 0.0544. The van der Waals surface area contributed by atoms with Crippen LogP contribution in [0.1, 0.15) is 0 Å². The zero-order valence-corrected chi connectivity index (χ0v) is 19.1.